The van der Waals surface area contributed by atoms with Crippen molar-refractivity contribution in [1.82, 2.24) is 15.5 Å². The summed E-state index contributed by atoms with van der Waals surface area (Å²) in [7, 11) is 1.39. The molecule has 0 aromatic heterocycles. The lowest BCUT2D eigenvalue weighted by molar-refractivity contribution is -0.0506. The van der Waals surface area contributed by atoms with Gasteiger partial charge in [0.1, 0.15) is 0 Å². The van der Waals surface area contributed by atoms with E-state index in [1.807, 2.05) is 6.92 Å². The summed E-state index contributed by atoms with van der Waals surface area (Å²) in [4.78, 5) is 9.88. The van der Waals surface area contributed by atoms with Gasteiger partial charge in [-0.1, -0.05) is 39.0 Å². The van der Waals surface area contributed by atoms with E-state index in [0.29, 0.717) is 24.6 Å². The molecule has 0 aromatic carbocycles. The van der Waals surface area contributed by atoms with Gasteiger partial charge in [-0.3, -0.25) is 10.4 Å². The maximum atomic E-state index is 16.1. The van der Waals surface area contributed by atoms with Crippen LogP contribution >= 0.6 is 0 Å². The van der Waals surface area contributed by atoms with Gasteiger partial charge in [0.15, 0.2) is 17.5 Å². The van der Waals surface area contributed by atoms with Gasteiger partial charge < -0.3 is 31.5 Å². The number of hydrogen-bond acceptors (Lipinski definition) is 6. The van der Waals surface area contributed by atoms with E-state index >= 15 is 8.78 Å². The van der Waals surface area contributed by atoms with Crippen LogP contribution in [0.3, 0.4) is 0 Å². The number of hydrogen-bond donors (Lipinski definition) is 6. The van der Waals surface area contributed by atoms with Crippen LogP contribution in [0, 0.1) is 17.2 Å². The van der Waals surface area contributed by atoms with Gasteiger partial charge in [-0.2, -0.15) is 8.78 Å². The van der Waals surface area contributed by atoms with Crippen LogP contribution in [0.4, 0.5) is 8.78 Å². The highest BCUT2D eigenvalue weighted by atomic mass is 19.3. The molecular weight excluding hydrogens is 540 g/mol. The molecule has 0 aliphatic heterocycles. The molecular formula is C31H51F2N7O2. The summed E-state index contributed by atoms with van der Waals surface area (Å²) < 4.78 is 32.2. The number of halogens is 2. The van der Waals surface area contributed by atoms with Crippen molar-refractivity contribution in [3.8, 4) is 0 Å². The Morgan fingerprint density at radius 3 is 2.43 bits per heavy atom. The zero-order chi connectivity index (χ0) is 31.1. The van der Waals surface area contributed by atoms with Crippen LogP contribution in [0.15, 0.2) is 51.4 Å². The predicted molar refractivity (Wildman–Crippen MR) is 167 cm³/mol. The van der Waals surface area contributed by atoms with Crippen LogP contribution in [-0.2, 0) is 0 Å². The SMILES string of the molecule is CC=C=C/C=C(\CCC)C(F)(F)CN(CC1CCCCC1)C(=C\N[C@H](C)C1CCC1)/C(N)=N\C(=N/C)C(=N)NC(O)O. The number of nitrogens with zero attached hydrogens (tertiary/aromatic N) is 3. The fourth-order valence-corrected chi connectivity index (χ4v) is 5.37. The number of alkyl halides is 2. The van der Waals surface area contributed by atoms with Crippen molar-refractivity contribution in [2.75, 3.05) is 20.1 Å². The zero-order valence-corrected chi connectivity index (χ0v) is 25.7. The second kappa shape index (κ2) is 17.8. The molecule has 2 aliphatic rings. The first-order chi connectivity index (χ1) is 20.0. The fourth-order valence-electron chi connectivity index (χ4n) is 5.37. The van der Waals surface area contributed by atoms with E-state index in [1.165, 1.54) is 25.6 Å². The molecule has 9 nitrogen and oxygen atoms in total. The van der Waals surface area contributed by atoms with Crippen molar-refractivity contribution in [3.05, 3.63) is 41.4 Å². The second-order valence-electron chi connectivity index (χ2n) is 11.3. The molecule has 2 fully saturated rings. The Hall–Kier alpha value is -3.01. The third-order valence-electron chi connectivity index (χ3n) is 8.01. The number of amidine groups is 3. The number of aliphatic imine (C=N–C) groups is 2. The summed E-state index contributed by atoms with van der Waals surface area (Å²) in [5.74, 6) is -3.19. The lowest BCUT2D eigenvalue weighted by Crippen LogP contribution is -2.45. The highest BCUT2D eigenvalue weighted by Crippen LogP contribution is 2.33. The number of allylic oxidation sites excluding steroid dienone is 2. The summed E-state index contributed by atoms with van der Waals surface area (Å²) in [5.41, 5.74) is 9.71. The molecule has 2 aliphatic carbocycles. The van der Waals surface area contributed by atoms with Gasteiger partial charge in [0.05, 0.1) is 12.2 Å². The van der Waals surface area contributed by atoms with E-state index in [9.17, 15) is 10.2 Å². The first kappa shape index (κ1) is 35.2. The van der Waals surface area contributed by atoms with Crippen molar-refractivity contribution in [2.24, 2.45) is 27.6 Å². The molecule has 0 unspecified atom stereocenters. The Labute approximate surface area is 250 Å². The molecule has 42 heavy (non-hydrogen) atoms. The van der Waals surface area contributed by atoms with Gasteiger partial charge in [0.2, 0.25) is 6.41 Å². The van der Waals surface area contributed by atoms with E-state index in [-0.39, 0.29) is 35.6 Å². The molecule has 0 spiro atoms. The van der Waals surface area contributed by atoms with E-state index in [2.05, 4.69) is 33.3 Å². The lowest BCUT2D eigenvalue weighted by Gasteiger charge is -2.36. The van der Waals surface area contributed by atoms with Crippen LogP contribution in [0.1, 0.15) is 85.0 Å². The summed E-state index contributed by atoms with van der Waals surface area (Å²) in [6.07, 6.45) is 13.7. The van der Waals surface area contributed by atoms with Gasteiger partial charge in [0, 0.05) is 31.4 Å². The Kier molecular flexibility index (Phi) is 14.9. The van der Waals surface area contributed by atoms with Gasteiger partial charge >= 0.3 is 0 Å². The van der Waals surface area contributed by atoms with Crippen molar-refractivity contribution < 1.29 is 19.0 Å². The maximum Gasteiger partial charge on any atom is 0.286 e. The Morgan fingerprint density at radius 2 is 1.88 bits per heavy atom. The first-order valence-electron chi connectivity index (χ1n) is 15.2. The second-order valence-corrected chi connectivity index (χ2v) is 11.3. The number of aliphatic hydroxyl groups is 2. The van der Waals surface area contributed by atoms with Gasteiger partial charge in [0.25, 0.3) is 5.92 Å². The van der Waals surface area contributed by atoms with Crippen LogP contribution in [-0.4, -0.2) is 71.1 Å². The van der Waals surface area contributed by atoms with Crippen LogP contribution < -0.4 is 16.4 Å². The minimum absolute atomic E-state index is 0.0253. The molecule has 11 heteroatoms. The highest BCUT2D eigenvalue weighted by Gasteiger charge is 2.38. The molecule has 0 aromatic rings. The minimum atomic E-state index is -3.16. The lowest BCUT2D eigenvalue weighted by atomic mass is 9.80. The highest BCUT2D eigenvalue weighted by molar-refractivity contribution is 6.41. The van der Waals surface area contributed by atoms with E-state index in [0.717, 1.165) is 44.9 Å². The van der Waals surface area contributed by atoms with Crippen LogP contribution in [0.5, 0.6) is 0 Å². The molecule has 7 N–H and O–H groups in total. The molecule has 2 saturated carbocycles. The van der Waals surface area contributed by atoms with Crippen molar-refractivity contribution in [2.45, 2.75) is 103 Å². The third-order valence-corrected chi connectivity index (χ3v) is 8.01. The average Bonchev–Trinajstić information content (AvgIpc) is 2.90. The smallest absolute Gasteiger partial charge is 0.286 e. The van der Waals surface area contributed by atoms with E-state index in [1.54, 1.807) is 24.1 Å². The Balaban J connectivity index is 2.57. The maximum absolute atomic E-state index is 16.1. The molecule has 0 bridgehead atoms. The zero-order valence-electron chi connectivity index (χ0n) is 25.7. The molecule has 1 atom stereocenters. The number of nitrogens with one attached hydrogen (secondary N) is 3. The van der Waals surface area contributed by atoms with Crippen LogP contribution in [0.25, 0.3) is 0 Å². The largest absolute Gasteiger partial charge is 0.386 e. The molecule has 236 valence electrons. The minimum Gasteiger partial charge on any atom is -0.386 e. The van der Waals surface area contributed by atoms with E-state index in [4.69, 9.17) is 11.1 Å². The normalized spacial score (nSPS) is 18.7. The Morgan fingerprint density at radius 1 is 1.19 bits per heavy atom. The van der Waals surface area contributed by atoms with Gasteiger partial charge in [-0.05, 0) is 76.0 Å². The predicted octanol–water partition coefficient (Wildman–Crippen LogP) is 4.80. The molecule has 2 rings (SSSR count). The topological polar surface area (TPSA) is 142 Å². The molecule has 0 amide bonds. The average molecular weight is 592 g/mol. The number of rotatable bonds is 14. The van der Waals surface area contributed by atoms with Crippen molar-refractivity contribution in [3.63, 3.8) is 0 Å². The molecule has 0 saturated heterocycles. The summed E-state index contributed by atoms with van der Waals surface area (Å²) in [6, 6.07) is 0.115. The third kappa shape index (κ3) is 11.3. The summed E-state index contributed by atoms with van der Waals surface area (Å²) in [5, 5.41) is 32.1. The number of nitrogens with two attached hydrogens (primary N) is 1. The standard InChI is InChI=1S/C31H51F2N7O2/c1-5-7-9-18-25(13-6-2)31(32,33)21-40(20-23-14-10-8-11-15-23)26(19-37-22(3)24-16-12-17-24)27(34)38-29(36-4)28(35)39-30(41)42/h5,9,18-19,22-24,30,37,41-42H,6,8,10-17,20-21H2,1-4H3,(H2,35,39)(H2,34,36,38)/b25-18+,26-19-/t7?,22-/m1/s1. The van der Waals surface area contributed by atoms with E-state index < -0.39 is 24.7 Å². The quantitative estimate of drug-likeness (QED) is 0.0563. The Bertz CT molecular complexity index is 1050. The van der Waals surface area contributed by atoms with Gasteiger partial charge in [-0.15, -0.1) is 5.73 Å². The van der Waals surface area contributed by atoms with Crippen LogP contribution in [0.2, 0.25) is 0 Å². The van der Waals surface area contributed by atoms with Crippen molar-refractivity contribution in [1.29, 1.82) is 5.41 Å². The first-order valence-corrected chi connectivity index (χ1v) is 15.2. The van der Waals surface area contributed by atoms with Gasteiger partial charge in [-0.25, -0.2) is 4.99 Å². The fraction of sp³-hybridized carbons (Fsp3) is 0.677. The monoisotopic (exact) mass is 591 g/mol. The number of aliphatic hydroxyl groups excluding tert-OH is 1. The summed E-state index contributed by atoms with van der Waals surface area (Å²) in [6.45, 7) is 5.52. The summed E-state index contributed by atoms with van der Waals surface area (Å²) >= 11 is 0. The molecule has 0 heterocycles. The molecule has 0 radical (unpaired) electrons. The van der Waals surface area contributed by atoms with Crippen molar-refractivity contribution >= 4 is 17.5 Å².